The monoisotopic (exact) mass is 480 g/mol. The highest BCUT2D eigenvalue weighted by Gasteiger charge is 2.06. The molecule has 0 aliphatic rings. The Kier molecular flexibility index (Phi) is 8.24. The van der Waals surface area contributed by atoms with Crippen LogP contribution in [0.4, 0.5) is 0 Å². The molecule has 0 saturated heterocycles. The third-order valence-corrected chi connectivity index (χ3v) is 5.01. The fourth-order valence-electron chi connectivity index (χ4n) is 2.79. The van der Waals surface area contributed by atoms with Gasteiger partial charge in [0.1, 0.15) is 18.1 Å². The topological polar surface area (TPSA) is 59.9 Å². The first-order valence-corrected chi connectivity index (χ1v) is 10.8. The highest BCUT2D eigenvalue weighted by molar-refractivity contribution is 9.10. The van der Waals surface area contributed by atoms with Gasteiger partial charge in [0.2, 0.25) is 0 Å². The minimum Gasteiger partial charge on any atom is -0.488 e. The first kappa shape index (κ1) is 22.6. The summed E-state index contributed by atoms with van der Waals surface area (Å²) < 4.78 is 12.3. The van der Waals surface area contributed by atoms with Crippen LogP contribution in [-0.2, 0) is 11.4 Å². The quantitative estimate of drug-likeness (QED) is 0.316. The molecular formula is C25H25BrN2O3. The van der Waals surface area contributed by atoms with E-state index in [0.717, 1.165) is 15.6 Å². The van der Waals surface area contributed by atoms with E-state index in [1.54, 1.807) is 6.21 Å². The molecule has 0 saturated carbocycles. The predicted octanol–water partition coefficient (Wildman–Crippen LogP) is 5.68. The van der Waals surface area contributed by atoms with E-state index in [4.69, 9.17) is 9.47 Å². The maximum Gasteiger partial charge on any atom is 0.277 e. The molecular weight excluding hydrogens is 456 g/mol. The number of nitrogens with one attached hydrogen (secondary N) is 1. The molecule has 6 heteroatoms. The average Bonchev–Trinajstić information content (AvgIpc) is 2.78. The van der Waals surface area contributed by atoms with Crippen molar-refractivity contribution in [3.05, 3.63) is 94.0 Å². The molecule has 3 aromatic rings. The van der Waals surface area contributed by atoms with Crippen LogP contribution in [0.2, 0.25) is 0 Å². The molecule has 0 heterocycles. The molecule has 0 spiro atoms. The van der Waals surface area contributed by atoms with Crippen molar-refractivity contribution in [1.82, 2.24) is 5.43 Å². The van der Waals surface area contributed by atoms with Crippen LogP contribution in [0, 0.1) is 0 Å². The Morgan fingerprint density at radius 3 is 2.48 bits per heavy atom. The van der Waals surface area contributed by atoms with Gasteiger partial charge in [0.25, 0.3) is 5.91 Å². The van der Waals surface area contributed by atoms with Gasteiger partial charge >= 0.3 is 0 Å². The molecule has 0 fully saturated rings. The van der Waals surface area contributed by atoms with Crippen molar-refractivity contribution in [1.29, 1.82) is 0 Å². The predicted molar refractivity (Wildman–Crippen MR) is 127 cm³/mol. The summed E-state index contributed by atoms with van der Waals surface area (Å²) in [5.74, 6) is 1.43. The first-order valence-electron chi connectivity index (χ1n) is 10.0. The van der Waals surface area contributed by atoms with Crippen molar-refractivity contribution in [2.75, 3.05) is 6.61 Å². The SMILES string of the molecule is CC(C)c1ccc(OCC(=O)NN=Cc2cc(Br)ccc2OCc2ccccc2)cc1. The second kappa shape index (κ2) is 11.3. The summed E-state index contributed by atoms with van der Waals surface area (Å²) in [6.07, 6.45) is 1.56. The van der Waals surface area contributed by atoms with E-state index < -0.39 is 0 Å². The zero-order chi connectivity index (χ0) is 22.1. The van der Waals surface area contributed by atoms with E-state index in [1.807, 2.05) is 72.8 Å². The smallest absolute Gasteiger partial charge is 0.277 e. The lowest BCUT2D eigenvalue weighted by atomic mass is 10.0. The van der Waals surface area contributed by atoms with Gasteiger partial charge < -0.3 is 9.47 Å². The van der Waals surface area contributed by atoms with E-state index in [9.17, 15) is 4.79 Å². The number of halogens is 1. The van der Waals surface area contributed by atoms with Crippen molar-refractivity contribution in [2.45, 2.75) is 26.4 Å². The number of carbonyl (C=O) groups excluding carboxylic acids is 1. The van der Waals surface area contributed by atoms with E-state index in [-0.39, 0.29) is 12.5 Å². The van der Waals surface area contributed by atoms with Crippen molar-refractivity contribution < 1.29 is 14.3 Å². The zero-order valence-corrected chi connectivity index (χ0v) is 19.1. The molecule has 0 atom stereocenters. The third-order valence-electron chi connectivity index (χ3n) is 4.52. The minimum absolute atomic E-state index is 0.117. The van der Waals surface area contributed by atoms with Crippen molar-refractivity contribution in [3.8, 4) is 11.5 Å². The lowest BCUT2D eigenvalue weighted by molar-refractivity contribution is -0.123. The van der Waals surface area contributed by atoms with Crippen molar-refractivity contribution >= 4 is 28.1 Å². The van der Waals surface area contributed by atoms with Gasteiger partial charge in [-0.25, -0.2) is 5.43 Å². The lowest BCUT2D eigenvalue weighted by Gasteiger charge is -2.10. The molecule has 160 valence electrons. The summed E-state index contributed by atoms with van der Waals surface area (Å²) in [4.78, 5) is 12.1. The fourth-order valence-corrected chi connectivity index (χ4v) is 3.17. The Morgan fingerprint density at radius 2 is 1.77 bits per heavy atom. The number of hydrogen-bond acceptors (Lipinski definition) is 4. The van der Waals surface area contributed by atoms with Crippen LogP contribution in [0.1, 0.15) is 36.5 Å². The standard InChI is InChI=1S/C25H25BrN2O3/c1-18(2)20-8-11-23(12-9-20)30-17-25(29)28-27-15-21-14-22(26)10-13-24(21)31-16-19-6-4-3-5-7-19/h3-15,18H,16-17H2,1-2H3,(H,28,29). The molecule has 0 aliphatic carbocycles. The van der Waals surface area contributed by atoms with E-state index in [1.165, 1.54) is 5.56 Å². The molecule has 0 radical (unpaired) electrons. The Labute approximate surface area is 191 Å². The Balaban J connectivity index is 1.53. The van der Waals surface area contributed by atoms with Gasteiger partial charge in [-0.3, -0.25) is 4.79 Å². The lowest BCUT2D eigenvalue weighted by Crippen LogP contribution is -2.24. The van der Waals surface area contributed by atoms with Gasteiger partial charge in [-0.15, -0.1) is 0 Å². The maximum atomic E-state index is 12.1. The number of ether oxygens (including phenoxy) is 2. The molecule has 31 heavy (non-hydrogen) atoms. The molecule has 5 nitrogen and oxygen atoms in total. The molecule has 0 aromatic heterocycles. The van der Waals surface area contributed by atoms with E-state index in [0.29, 0.717) is 24.0 Å². The minimum atomic E-state index is -0.342. The average molecular weight is 481 g/mol. The normalized spacial score (nSPS) is 11.0. The number of amides is 1. The molecule has 0 bridgehead atoms. The van der Waals surface area contributed by atoms with E-state index in [2.05, 4.69) is 40.3 Å². The number of rotatable bonds is 9. The summed E-state index contributed by atoms with van der Waals surface area (Å²) in [6, 6.07) is 23.3. The Hall–Kier alpha value is -3.12. The highest BCUT2D eigenvalue weighted by atomic mass is 79.9. The van der Waals surface area contributed by atoms with Gasteiger partial charge in [-0.05, 0) is 47.4 Å². The molecule has 0 unspecified atom stereocenters. The Morgan fingerprint density at radius 1 is 1.03 bits per heavy atom. The van der Waals surface area contributed by atoms with Gasteiger partial charge in [0.05, 0.1) is 6.21 Å². The van der Waals surface area contributed by atoms with Crippen LogP contribution in [-0.4, -0.2) is 18.7 Å². The number of carbonyl (C=O) groups is 1. The largest absolute Gasteiger partial charge is 0.488 e. The van der Waals surface area contributed by atoms with Gasteiger partial charge in [0.15, 0.2) is 6.61 Å². The van der Waals surface area contributed by atoms with Crippen LogP contribution < -0.4 is 14.9 Å². The second-order valence-corrected chi connectivity index (χ2v) is 8.18. The van der Waals surface area contributed by atoms with Crippen LogP contribution >= 0.6 is 15.9 Å². The van der Waals surface area contributed by atoms with Crippen molar-refractivity contribution in [3.63, 3.8) is 0 Å². The summed E-state index contributed by atoms with van der Waals surface area (Å²) in [7, 11) is 0. The summed E-state index contributed by atoms with van der Waals surface area (Å²) >= 11 is 3.45. The molecule has 1 N–H and O–H groups in total. The molecule has 0 aliphatic heterocycles. The fraction of sp³-hybridized carbons (Fsp3) is 0.200. The number of hydrazone groups is 1. The highest BCUT2D eigenvalue weighted by Crippen LogP contribution is 2.23. The third kappa shape index (κ3) is 7.26. The second-order valence-electron chi connectivity index (χ2n) is 7.26. The van der Waals surface area contributed by atoms with Crippen LogP contribution in [0.3, 0.4) is 0 Å². The van der Waals surface area contributed by atoms with Gasteiger partial charge in [-0.1, -0.05) is 72.2 Å². The number of hydrogen-bond donors (Lipinski definition) is 1. The van der Waals surface area contributed by atoms with Gasteiger partial charge in [-0.2, -0.15) is 5.10 Å². The molecule has 1 amide bonds. The Bertz CT molecular complexity index is 1020. The van der Waals surface area contributed by atoms with Crippen LogP contribution in [0.5, 0.6) is 11.5 Å². The first-order chi connectivity index (χ1) is 15.0. The van der Waals surface area contributed by atoms with Crippen molar-refractivity contribution in [2.24, 2.45) is 5.10 Å². The maximum absolute atomic E-state index is 12.1. The van der Waals surface area contributed by atoms with E-state index >= 15 is 0 Å². The van der Waals surface area contributed by atoms with Crippen LogP contribution in [0.15, 0.2) is 82.4 Å². The summed E-state index contributed by atoms with van der Waals surface area (Å²) in [5.41, 5.74) is 5.52. The molecule has 3 aromatic carbocycles. The zero-order valence-electron chi connectivity index (χ0n) is 17.5. The number of benzene rings is 3. The molecule has 3 rings (SSSR count). The van der Waals surface area contributed by atoms with Crippen LogP contribution in [0.25, 0.3) is 0 Å². The van der Waals surface area contributed by atoms with Gasteiger partial charge in [0, 0.05) is 10.0 Å². The summed E-state index contributed by atoms with van der Waals surface area (Å²) in [6.45, 7) is 4.59. The summed E-state index contributed by atoms with van der Waals surface area (Å²) in [5, 5.41) is 4.04. The number of nitrogens with zero attached hydrogens (tertiary/aromatic N) is 1.